The maximum absolute atomic E-state index is 10.1. The van der Waals surface area contributed by atoms with Crippen LogP contribution in [0.5, 0.6) is 0 Å². The van der Waals surface area contributed by atoms with Crippen LogP contribution in [-0.4, -0.2) is 30.2 Å². The minimum Gasteiger partial charge on any atom is -0.480 e. The minimum atomic E-state index is -0.844. The number of carboxylic acids is 1. The van der Waals surface area contributed by atoms with Gasteiger partial charge in [-0.1, -0.05) is 0 Å². The molecule has 0 bridgehead atoms. The second-order valence-corrected chi connectivity index (χ2v) is 1.80. The molecule has 0 aliphatic carbocycles. The minimum absolute atomic E-state index is 0. The molecular formula is C5H13ClN2O2. The third kappa shape index (κ3) is 5.81. The lowest BCUT2D eigenvalue weighted by molar-refractivity contribution is -0.138. The van der Waals surface area contributed by atoms with E-state index in [2.05, 4.69) is 5.32 Å². The predicted molar refractivity (Wildman–Crippen MR) is 41.4 cm³/mol. The molecule has 0 fully saturated rings. The Morgan fingerprint density at radius 3 is 2.60 bits per heavy atom. The summed E-state index contributed by atoms with van der Waals surface area (Å²) < 4.78 is 0. The van der Waals surface area contributed by atoms with E-state index in [4.69, 9.17) is 10.8 Å². The van der Waals surface area contributed by atoms with Gasteiger partial charge >= 0.3 is 5.97 Å². The van der Waals surface area contributed by atoms with Gasteiger partial charge in [-0.15, -0.1) is 12.4 Å². The molecule has 1 atom stereocenters. The zero-order valence-electron chi connectivity index (χ0n) is 5.83. The smallest absolute Gasteiger partial charge is 0.320 e. The molecule has 0 aliphatic rings. The fraction of sp³-hybridized carbons (Fsp3) is 0.800. The molecule has 0 saturated heterocycles. The first-order valence-electron chi connectivity index (χ1n) is 2.84. The van der Waals surface area contributed by atoms with E-state index in [1.54, 1.807) is 6.92 Å². The Morgan fingerprint density at radius 1 is 1.80 bits per heavy atom. The fourth-order valence-electron chi connectivity index (χ4n) is 0.387. The predicted octanol–water partition coefficient (Wildman–Crippen LogP) is -0.570. The van der Waals surface area contributed by atoms with Crippen LogP contribution in [-0.2, 0) is 4.79 Å². The standard InChI is InChI=1S/C5H12N2O2.ClH/c1-4(5(8)9)7-3-2-6;/h4,7H,2-3,6H2,1H3,(H,8,9);1H. The number of nitrogens with one attached hydrogen (secondary N) is 1. The number of carboxylic acid groups (broad SMARTS) is 1. The highest BCUT2D eigenvalue weighted by atomic mass is 35.5. The average Bonchev–Trinajstić information content (AvgIpc) is 1.82. The van der Waals surface area contributed by atoms with Crippen molar-refractivity contribution in [2.24, 2.45) is 5.73 Å². The van der Waals surface area contributed by atoms with Crippen LogP contribution >= 0.6 is 12.4 Å². The largest absolute Gasteiger partial charge is 0.480 e. The molecule has 0 aromatic carbocycles. The van der Waals surface area contributed by atoms with Crippen molar-refractivity contribution in [1.29, 1.82) is 0 Å². The summed E-state index contributed by atoms with van der Waals surface area (Å²) in [6.07, 6.45) is 0. The van der Waals surface area contributed by atoms with Gasteiger partial charge in [-0.2, -0.15) is 0 Å². The summed E-state index contributed by atoms with van der Waals surface area (Å²) in [6.45, 7) is 2.60. The lowest BCUT2D eigenvalue weighted by atomic mass is 10.3. The van der Waals surface area contributed by atoms with Gasteiger partial charge in [0.15, 0.2) is 0 Å². The van der Waals surface area contributed by atoms with E-state index in [1.165, 1.54) is 0 Å². The van der Waals surface area contributed by atoms with Gasteiger partial charge in [0, 0.05) is 13.1 Å². The van der Waals surface area contributed by atoms with Gasteiger partial charge in [-0.25, -0.2) is 0 Å². The first-order chi connectivity index (χ1) is 4.18. The van der Waals surface area contributed by atoms with Gasteiger partial charge in [-0.3, -0.25) is 4.79 Å². The molecule has 0 amide bonds. The van der Waals surface area contributed by atoms with Crippen LogP contribution in [0, 0.1) is 0 Å². The van der Waals surface area contributed by atoms with E-state index < -0.39 is 12.0 Å². The molecule has 0 aromatic heterocycles. The number of aliphatic carboxylic acids is 1. The normalized spacial score (nSPS) is 11.8. The summed E-state index contributed by atoms with van der Waals surface area (Å²) in [6, 6.07) is -0.492. The number of rotatable bonds is 4. The monoisotopic (exact) mass is 168 g/mol. The molecule has 0 rings (SSSR count). The van der Waals surface area contributed by atoms with Crippen LogP contribution in [0.1, 0.15) is 6.92 Å². The second kappa shape index (κ2) is 6.80. The Kier molecular flexibility index (Phi) is 8.40. The molecule has 0 aliphatic heterocycles. The molecule has 4 nitrogen and oxygen atoms in total. The molecule has 10 heavy (non-hydrogen) atoms. The van der Waals surface area contributed by atoms with Crippen molar-refractivity contribution in [2.75, 3.05) is 13.1 Å². The van der Waals surface area contributed by atoms with Crippen LogP contribution < -0.4 is 11.1 Å². The Labute approximate surface area is 66.2 Å². The Balaban J connectivity index is 0. The average molecular weight is 169 g/mol. The molecule has 0 heterocycles. The van der Waals surface area contributed by atoms with Gasteiger partial charge in [-0.05, 0) is 6.92 Å². The lowest BCUT2D eigenvalue weighted by Crippen LogP contribution is -2.36. The van der Waals surface area contributed by atoms with Crippen molar-refractivity contribution < 1.29 is 9.90 Å². The number of hydrogen-bond acceptors (Lipinski definition) is 3. The van der Waals surface area contributed by atoms with E-state index in [0.29, 0.717) is 13.1 Å². The lowest BCUT2D eigenvalue weighted by Gasteiger charge is -2.05. The van der Waals surface area contributed by atoms with E-state index >= 15 is 0 Å². The molecule has 62 valence electrons. The van der Waals surface area contributed by atoms with Crippen molar-refractivity contribution in [3.8, 4) is 0 Å². The summed E-state index contributed by atoms with van der Waals surface area (Å²) in [7, 11) is 0. The van der Waals surface area contributed by atoms with Crippen molar-refractivity contribution in [2.45, 2.75) is 13.0 Å². The third-order valence-corrected chi connectivity index (χ3v) is 0.965. The quantitative estimate of drug-likeness (QED) is 0.526. The molecular weight excluding hydrogens is 156 g/mol. The summed E-state index contributed by atoms with van der Waals surface area (Å²) in [4.78, 5) is 10.1. The van der Waals surface area contributed by atoms with Crippen LogP contribution in [0.3, 0.4) is 0 Å². The Bertz CT molecular complexity index is 99.6. The molecule has 0 aromatic rings. The second-order valence-electron chi connectivity index (χ2n) is 1.80. The Morgan fingerprint density at radius 2 is 2.30 bits per heavy atom. The molecule has 0 spiro atoms. The SMILES string of the molecule is CC(NCCN)C(=O)O.Cl. The van der Waals surface area contributed by atoms with Crippen LogP contribution in [0.25, 0.3) is 0 Å². The van der Waals surface area contributed by atoms with E-state index in [0.717, 1.165) is 0 Å². The van der Waals surface area contributed by atoms with Gasteiger partial charge < -0.3 is 16.2 Å². The molecule has 0 saturated carbocycles. The maximum Gasteiger partial charge on any atom is 0.320 e. The van der Waals surface area contributed by atoms with E-state index in [1.807, 2.05) is 0 Å². The number of halogens is 1. The number of carbonyl (C=O) groups is 1. The summed E-state index contributed by atoms with van der Waals surface area (Å²) in [5.74, 6) is -0.844. The van der Waals surface area contributed by atoms with E-state index in [-0.39, 0.29) is 12.4 Å². The highest BCUT2D eigenvalue weighted by molar-refractivity contribution is 5.85. The highest BCUT2D eigenvalue weighted by Crippen LogP contribution is 1.77. The zero-order valence-corrected chi connectivity index (χ0v) is 6.65. The molecule has 0 radical (unpaired) electrons. The van der Waals surface area contributed by atoms with Crippen molar-refractivity contribution in [3.05, 3.63) is 0 Å². The van der Waals surface area contributed by atoms with Gasteiger partial charge in [0.05, 0.1) is 0 Å². The summed E-state index contributed by atoms with van der Waals surface area (Å²) >= 11 is 0. The van der Waals surface area contributed by atoms with Crippen molar-refractivity contribution in [1.82, 2.24) is 5.32 Å². The summed E-state index contributed by atoms with van der Waals surface area (Å²) in [5, 5.41) is 11.0. The number of nitrogens with two attached hydrogens (primary N) is 1. The van der Waals surface area contributed by atoms with Gasteiger partial charge in [0.1, 0.15) is 6.04 Å². The van der Waals surface area contributed by atoms with Crippen molar-refractivity contribution >= 4 is 18.4 Å². The van der Waals surface area contributed by atoms with Crippen LogP contribution in [0.2, 0.25) is 0 Å². The van der Waals surface area contributed by atoms with Crippen LogP contribution in [0.15, 0.2) is 0 Å². The first kappa shape index (κ1) is 12.4. The van der Waals surface area contributed by atoms with Crippen molar-refractivity contribution in [3.63, 3.8) is 0 Å². The maximum atomic E-state index is 10.1. The zero-order chi connectivity index (χ0) is 7.28. The topological polar surface area (TPSA) is 75.3 Å². The van der Waals surface area contributed by atoms with E-state index in [9.17, 15) is 4.79 Å². The Hall–Kier alpha value is -0.320. The molecule has 5 heteroatoms. The number of hydrogen-bond donors (Lipinski definition) is 3. The fourth-order valence-corrected chi connectivity index (χ4v) is 0.387. The van der Waals surface area contributed by atoms with Gasteiger partial charge in [0.25, 0.3) is 0 Å². The van der Waals surface area contributed by atoms with Gasteiger partial charge in [0.2, 0.25) is 0 Å². The third-order valence-electron chi connectivity index (χ3n) is 0.965. The first-order valence-corrected chi connectivity index (χ1v) is 2.84. The molecule has 4 N–H and O–H groups in total. The highest BCUT2D eigenvalue weighted by Gasteiger charge is 2.06. The van der Waals surface area contributed by atoms with Crippen LogP contribution in [0.4, 0.5) is 0 Å². The summed E-state index contributed by atoms with van der Waals surface area (Å²) in [5.41, 5.74) is 5.12. The molecule has 1 unspecified atom stereocenters.